The second-order valence-corrected chi connectivity index (χ2v) is 10.5. The highest BCUT2D eigenvalue weighted by molar-refractivity contribution is 5.94. The van der Waals surface area contributed by atoms with E-state index in [-0.39, 0.29) is 35.4 Å². The van der Waals surface area contributed by atoms with Crippen LogP contribution in [0.2, 0.25) is 0 Å². The number of benzene rings is 2. The first kappa shape index (κ1) is 26.5. The average Bonchev–Trinajstić information content (AvgIpc) is 3.31. The van der Waals surface area contributed by atoms with Crippen LogP contribution in [0.15, 0.2) is 66.9 Å². The Hall–Kier alpha value is -4.08. The number of ether oxygens (including phenoxy) is 2. The molecule has 0 spiro atoms. The summed E-state index contributed by atoms with van der Waals surface area (Å²) in [6, 6.07) is 14.5. The smallest absolute Gasteiger partial charge is 0.416 e. The highest BCUT2D eigenvalue weighted by Gasteiger charge is 2.58. The molecule has 2 amide bonds. The molecule has 7 nitrogen and oxygen atoms in total. The van der Waals surface area contributed by atoms with E-state index < -0.39 is 17.3 Å². The van der Waals surface area contributed by atoms with Gasteiger partial charge < -0.3 is 19.7 Å². The molecule has 3 atom stereocenters. The van der Waals surface area contributed by atoms with Crippen LogP contribution < -0.4 is 14.8 Å². The third-order valence-corrected chi connectivity index (χ3v) is 7.09. The maximum atomic E-state index is 13.0. The zero-order valence-electron chi connectivity index (χ0n) is 21.7. The summed E-state index contributed by atoms with van der Waals surface area (Å²) in [5.41, 5.74) is -0.370. The van der Waals surface area contributed by atoms with Gasteiger partial charge in [-0.2, -0.15) is 13.2 Å². The summed E-state index contributed by atoms with van der Waals surface area (Å²) in [6.45, 7) is 6.40. The van der Waals surface area contributed by atoms with E-state index in [1.54, 1.807) is 55.3 Å². The molecule has 2 fully saturated rings. The van der Waals surface area contributed by atoms with Gasteiger partial charge in [-0.05, 0) is 74.9 Å². The van der Waals surface area contributed by atoms with E-state index in [4.69, 9.17) is 9.47 Å². The molecule has 0 bridgehead atoms. The Balaban J connectivity index is 1.11. The van der Waals surface area contributed by atoms with Gasteiger partial charge in [0.2, 0.25) is 5.88 Å². The van der Waals surface area contributed by atoms with Gasteiger partial charge in [0.05, 0.1) is 5.56 Å². The molecule has 5 rings (SSSR count). The SMILES string of the molecule is Cc1ccc(OC(C)(C)C(=O)NC2[C@H]3CN(C(=O)c4ccc(Oc5ccc(C(F)(F)F)cc5)cc4)C[C@@H]23)nc1. The van der Waals surface area contributed by atoms with E-state index in [9.17, 15) is 22.8 Å². The standard InChI is InChI=1S/C29H28F3N3O4/c1-17-4-13-24(33-14-17)39-28(2,3)27(37)34-25-22-15-35(16-23(22)25)26(36)18-5-9-20(10-6-18)38-21-11-7-19(8-12-21)29(30,31)32/h4-14,22-23,25H,15-16H2,1-3H3,(H,34,37)/t22-,23+,25?. The number of carbonyl (C=O) groups excluding carboxylic acids is 2. The minimum Gasteiger partial charge on any atom is -0.462 e. The topological polar surface area (TPSA) is 80.8 Å². The van der Waals surface area contributed by atoms with Crippen LogP contribution in [0.3, 0.4) is 0 Å². The molecule has 2 aliphatic rings. The normalized spacial score (nSPS) is 20.3. The Kier molecular flexibility index (Phi) is 6.74. The number of nitrogens with zero attached hydrogens (tertiary/aromatic N) is 2. The van der Waals surface area contributed by atoms with Gasteiger partial charge in [-0.3, -0.25) is 9.59 Å². The number of halogens is 3. The number of amides is 2. The molecule has 3 aromatic rings. The van der Waals surface area contributed by atoms with Crippen molar-refractivity contribution >= 4 is 11.8 Å². The summed E-state index contributed by atoms with van der Waals surface area (Å²) in [7, 11) is 0. The molecule has 10 heteroatoms. The van der Waals surface area contributed by atoms with Gasteiger partial charge in [0.25, 0.3) is 11.8 Å². The Morgan fingerprint density at radius 2 is 1.51 bits per heavy atom. The molecule has 2 aromatic carbocycles. The quantitative estimate of drug-likeness (QED) is 0.444. The Morgan fingerprint density at radius 3 is 2.05 bits per heavy atom. The van der Waals surface area contributed by atoms with Gasteiger partial charge >= 0.3 is 6.18 Å². The van der Waals surface area contributed by atoms with Gasteiger partial charge in [0, 0.05) is 48.8 Å². The number of nitrogens with one attached hydrogen (secondary N) is 1. The molecule has 0 radical (unpaired) electrons. The third kappa shape index (κ3) is 5.84. The number of alkyl halides is 3. The van der Waals surface area contributed by atoms with E-state index in [0.29, 0.717) is 30.3 Å². The molecule has 204 valence electrons. The number of carbonyl (C=O) groups is 2. The van der Waals surface area contributed by atoms with Crippen LogP contribution in [-0.2, 0) is 11.0 Å². The molecule has 39 heavy (non-hydrogen) atoms. The molecule has 1 aliphatic carbocycles. The molecular formula is C29H28F3N3O4. The first-order chi connectivity index (χ1) is 18.4. The van der Waals surface area contributed by atoms with Crippen molar-refractivity contribution in [2.45, 2.75) is 38.6 Å². The van der Waals surface area contributed by atoms with Crippen LogP contribution in [0.25, 0.3) is 0 Å². The summed E-state index contributed by atoms with van der Waals surface area (Å²) in [5.74, 6) is 1.07. The van der Waals surface area contributed by atoms with Crippen molar-refractivity contribution in [1.82, 2.24) is 15.2 Å². The second-order valence-electron chi connectivity index (χ2n) is 10.5. The zero-order valence-corrected chi connectivity index (χ0v) is 21.7. The lowest BCUT2D eigenvalue weighted by molar-refractivity contribution is -0.137. The average molecular weight is 540 g/mol. The number of aromatic nitrogens is 1. The van der Waals surface area contributed by atoms with Crippen molar-refractivity contribution in [3.8, 4) is 17.4 Å². The summed E-state index contributed by atoms with van der Waals surface area (Å²) in [4.78, 5) is 31.8. The van der Waals surface area contributed by atoms with Gasteiger partial charge in [0.1, 0.15) is 11.5 Å². The van der Waals surface area contributed by atoms with Gasteiger partial charge in [-0.1, -0.05) is 6.07 Å². The van der Waals surface area contributed by atoms with Crippen LogP contribution in [-0.4, -0.2) is 46.4 Å². The molecule has 1 unspecified atom stereocenters. The molecule has 1 saturated heterocycles. The fraction of sp³-hybridized carbons (Fsp3) is 0.345. The number of likely N-dealkylation sites (tertiary alicyclic amines) is 1. The van der Waals surface area contributed by atoms with Crippen molar-refractivity contribution in [2.75, 3.05) is 13.1 Å². The summed E-state index contributed by atoms with van der Waals surface area (Å²) < 4.78 is 49.6. The van der Waals surface area contributed by atoms with Crippen LogP contribution in [0, 0.1) is 18.8 Å². The van der Waals surface area contributed by atoms with Gasteiger partial charge in [-0.15, -0.1) is 0 Å². The molecule has 1 aliphatic heterocycles. The number of hydrogen-bond acceptors (Lipinski definition) is 5. The van der Waals surface area contributed by atoms with E-state index in [0.717, 1.165) is 17.7 Å². The first-order valence-electron chi connectivity index (χ1n) is 12.6. The highest BCUT2D eigenvalue weighted by atomic mass is 19.4. The summed E-state index contributed by atoms with van der Waals surface area (Å²) >= 11 is 0. The maximum Gasteiger partial charge on any atom is 0.416 e. The minimum atomic E-state index is -4.41. The Bertz CT molecular complexity index is 1340. The van der Waals surface area contributed by atoms with Crippen LogP contribution in [0.5, 0.6) is 17.4 Å². The van der Waals surface area contributed by atoms with Crippen LogP contribution in [0.1, 0.15) is 35.3 Å². The zero-order chi connectivity index (χ0) is 27.9. The number of piperidine rings is 1. The maximum absolute atomic E-state index is 13.0. The summed E-state index contributed by atoms with van der Waals surface area (Å²) in [5, 5.41) is 3.06. The number of rotatable bonds is 7. The van der Waals surface area contributed by atoms with E-state index >= 15 is 0 Å². The first-order valence-corrected chi connectivity index (χ1v) is 12.6. The number of aryl methyl sites for hydroxylation is 1. The van der Waals surface area contributed by atoms with Crippen molar-refractivity contribution in [3.05, 3.63) is 83.6 Å². The van der Waals surface area contributed by atoms with Crippen LogP contribution >= 0.6 is 0 Å². The van der Waals surface area contributed by atoms with Crippen molar-refractivity contribution in [2.24, 2.45) is 11.8 Å². The fourth-order valence-corrected chi connectivity index (χ4v) is 4.75. The predicted molar refractivity (Wildman–Crippen MR) is 136 cm³/mol. The van der Waals surface area contributed by atoms with E-state index in [1.807, 2.05) is 13.0 Å². The monoisotopic (exact) mass is 539 g/mol. The second kappa shape index (κ2) is 9.91. The number of pyridine rings is 1. The molecular weight excluding hydrogens is 511 g/mol. The van der Waals surface area contributed by atoms with E-state index in [2.05, 4.69) is 10.3 Å². The van der Waals surface area contributed by atoms with Crippen molar-refractivity contribution < 1.29 is 32.2 Å². The van der Waals surface area contributed by atoms with Gasteiger partial charge in [0.15, 0.2) is 5.60 Å². The van der Waals surface area contributed by atoms with Crippen LogP contribution in [0.4, 0.5) is 13.2 Å². The predicted octanol–water partition coefficient (Wildman–Crippen LogP) is 5.25. The summed E-state index contributed by atoms with van der Waals surface area (Å²) in [6.07, 6.45) is -2.73. The lowest BCUT2D eigenvalue weighted by atomic mass is 10.1. The largest absolute Gasteiger partial charge is 0.462 e. The Morgan fingerprint density at radius 1 is 0.923 bits per heavy atom. The van der Waals surface area contributed by atoms with Gasteiger partial charge in [-0.25, -0.2) is 4.98 Å². The molecule has 2 heterocycles. The molecule has 1 saturated carbocycles. The molecule has 1 aromatic heterocycles. The van der Waals surface area contributed by atoms with E-state index in [1.165, 1.54) is 12.1 Å². The lowest BCUT2D eigenvalue weighted by Crippen LogP contribution is -2.49. The number of fused-ring (bicyclic) bond motifs is 1. The third-order valence-electron chi connectivity index (χ3n) is 7.09. The lowest BCUT2D eigenvalue weighted by Gasteiger charge is -2.26. The number of hydrogen-bond donors (Lipinski definition) is 1. The Labute approximate surface area is 223 Å². The van der Waals surface area contributed by atoms with Crippen molar-refractivity contribution in [3.63, 3.8) is 0 Å². The van der Waals surface area contributed by atoms with Crippen molar-refractivity contribution in [1.29, 1.82) is 0 Å². The minimum absolute atomic E-state index is 0.00471. The molecule has 1 N–H and O–H groups in total. The highest BCUT2D eigenvalue weighted by Crippen LogP contribution is 2.46. The fourth-order valence-electron chi connectivity index (χ4n) is 4.75.